The van der Waals surface area contributed by atoms with Gasteiger partial charge in [-0.25, -0.2) is 0 Å². The van der Waals surface area contributed by atoms with Crippen LogP contribution in [0.2, 0.25) is 5.02 Å². The standard InChI is InChI=1S/C18H16ClNO3/c19-17-10-8-16(9-11-17)18(21)12-15(13-20(22)23)7-6-14-4-2-1-3-5-14/h1-11,15H,12-13H2/b7-6+/t15-/m1/s1. The third-order valence-electron chi connectivity index (χ3n) is 3.36. The van der Waals surface area contributed by atoms with Crippen LogP contribution in [0, 0.1) is 16.0 Å². The first-order valence-corrected chi connectivity index (χ1v) is 7.56. The Hall–Kier alpha value is -2.46. The summed E-state index contributed by atoms with van der Waals surface area (Å²) in [7, 11) is 0. The van der Waals surface area contributed by atoms with Gasteiger partial charge in [0, 0.05) is 27.8 Å². The van der Waals surface area contributed by atoms with Crippen molar-refractivity contribution < 1.29 is 9.72 Å². The number of ketones is 1. The molecule has 1 atom stereocenters. The Bertz CT molecular complexity index is 696. The molecule has 23 heavy (non-hydrogen) atoms. The molecule has 0 saturated carbocycles. The topological polar surface area (TPSA) is 60.2 Å². The number of hydrogen-bond donors (Lipinski definition) is 0. The minimum atomic E-state index is -0.451. The first-order valence-electron chi connectivity index (χ1n) is 7.18. The lowest BCUT2D eigenvalue weighted by Crippen LogP contribution is -2.16. The third-order valence-corrected chi connectivity index (χ3v) is 3.61. The summed E-state index contributed by atoms with van der Waals surface area (Å²) in [5.41, 5.74) is 1.45. The van der Waals surface area contributed by atoms with Gasteiger partial charge < -0.3 is 0 Å². The van der Waals surface area contributed by atoms with E-state index in [-0.39, 0.29) is 18.7 Å². The van der Waals surface area contributed by atoms with Gasteiger partial charge in [-0.1, -0.05) is 54.1 Å². The SMILES string of the molecule is O=C(C[C@@H](/C=C/c1ccccc1)C[N+](=O)[O-])c1ccc(Cl)cc1. The Morgan fingerprint density at radius 1 is 1.13 bits per heavy atom. The number of rotatable bonds is 7. The highest BCUT2D eigenvalue weighted by Gasteiger charge is 2.17. The van der Waals surface area contributed by atoms with Crippen LogP contribution in [0.1, 0.15) is 22.3 Å². The number of nitrogens with zero attached hydrogens (tertiary/aromatic N) is 1. The summed E-state index contributed by atoms with van der Waals surface area (Å²) in [4.78, 5) is 22.7. The minimum absolute atomic E-state index is 0.0892. The lowest BCUT2D eigenvalue weighted by Gasteiger charge is -2.08. The molecule has 0 radical (unpaired) electrons. The van der Waals surface area contributed by atoms with Crippen LogP contribution in [0.5, 0.6) is 0 Å². The average molecular weight is 330 g/mol. The number of nitro groups is 1. The van der Waals surface area contributed by atoms with E-state index in [1.165, 1.54) is 0 Å². The summed E-state index contributed by atoms with van der Waals surface area (Å²) in [6.07, 6.45) is 3.63. The number of carbonyl (C=O) groups excluding carboxylic acids is 1. The van der Waals surface area contributed by atoms with Crippen LogP contribution in [0.15, 0.2) is 60.7 Å². The molecule has 0 spiro atoms. The second-order valence-corrected chi connectivity index (χ2v) is 5.62. The van der Waals surface area contributed by atoms with Gasteiger partial charge in [-0.15, -0.1) is 0 Å². The van der Waals surface area contributed by atoms with Crippen molar-refractivity contribution in [2.45, 2.75) is 6.42 Å². The molecule has 2 rings (SSSR count). The van der Waals surface area contributed by atoms with Gasteiger partial charge in [-0.3, -0.25) is 14.9 Å². The molecule has 0 aliphatic heterocycles. The molecule has 0 unspecified atom stereocenters. The Balaban J connectivity index is 2.09. The zero-order chi connectivity index (χ0) is 16.7. The van der Waals surface area contributed by atoms with Crippen LogP contribution < -0.4 is 0 Å². The molecule has 0 aromatic heterocycles. The van der Waals surface area contributed by atoms with E-state index in [1.807, 2.05) is 36.4 Å². The summed E-state index contributed by atoms with van der Waals surface area (Å²) >= 11 is 5.80. The van der Waals surface area contributed by atoms with Gasteiger partial charge >= 0.3 is 0 Å². The van der Waals surface area contributed by atoms with Crippen molar-refractivity contribution in [3.8, 4) is 0 Å². The van der Waals surface area contributed by atoms with E-state index in [4.69, 9.17) is 11.6 Å². The molecule has 0 saturated heterocycles. The molecular weight excluding hydrogens is 314 g/mol. The molecular formula is C18H16ClNO3. The Kier molecular flexibility index (Phi) is 6.06. The van der Waals surface area contributed by atoms with Gasteiger partial charge in [-0.05, 0) is 29.8 Å². The maximum absolute atomic E-state index is 12.3. The molecule has 118 valence electrons. The van der Waals surface area contributed by atoms with E-state index in [9.17, 15) is 14.9 Å². The van der Waals surface area contributed by atoms with Crippen LogP contribution >= 0.6 is 11.6 Å². The van der Waals surface area contributed by atoms with E-state index >= 15 is 0 Å². The van der Waals surface area contributed by atoms with Gasteiger partial charge in [-0.2, -0.15) is 0 Å². The van der Waals surface area contributed by atoms with Gasteiger partial charge in [0.2, 0.25) is 6.54 Å². The predicted octanol–water partition coefficient (Wildman–Crippen LogP) is 4.52. The highest BCUT2D eigenvalue weighted by atomic mass is 35.5. The van der Waals surface area contributed by atoms with E-state index < -0.39 is 10.8 Å². The quantitative estimate of drug-likeness (QED) is 0.426. The molecule has 0 aliphatic rings. The fraction of sp³-hybridized carbons (Fsp3) is 0.167. The molecule has 0 N–H and O–H groups in total. The fourth-order valence-corrected chi connectivity index (χ4v) is 2.31. The molecule has 2 aromatic rings. The van der Waals surface area contributed by atoms with Crippen LogP contribution in [0.4, 0.5) is 0 Å². The van der Waals surface area contributed by atoms with Gasteiger partial charge in [0.1, 0.15) is 0 Å². The Labute approximate surface area is 139 Å². The van der Waals surface area contributed by atoms with Crippen molar-refractivity contribution in [1.29, 1.82) is 0 Å². The molecule has 4 nitrogen and oxygen atoms in total. The molecule has 0 heterocycles. The van der Waals surface area contributed by atoms with Crippen LogP contribution in [-0.4, -0.2) is 17.3 Å². The smallest absolute Gasteiger partial charge is 0.210 e. The molecule has 2 aromatic carbocycles. The van der Waals surface area contributed by atoms with Crippen molar-refractivity contribution in [1.82, 2.24) is 0 Å². The number of benzene rings is 2. The third kappa shape index (κ3) is 5.68. The van der Waals surface area contributed by atoms with Crippen LogP contribution in [0.3, 0.4) is 0 Å². The normalized spacial score (nSPS) is 12.2. The minimum Gasteiger partial charge on any atom is -0.294 e. The first-order chi connectivity index (χ1) is 11.0. The Morgan fingerprint density at radius 2 is 1.78 bits per heavy atom. The fourth-order valence-electron chi connectivity index (χ4n) is 2.19. The number of carbonyl (C=O) groups is 1. The van der Waals surface area contributed by atoms with Gasteiger partial charge in [0.05, 0.1) is 0 Å². The maximum atomic E-state index is 12.3. The van der Waals surface area contributed by atoms with E-state index in [1.54, 1.807) is 30.3 Å². The lowest BCUT2D eigenvalue weighted by atomic mass is 9.97. The summed E-state index contributed by atoms with van der Waals surface area (Å²) in [5, 5.41) is 11.4. The van der Waals surface area contributed by atoms with Crippen molar-refractivity contribution in [2.24, 2.45) is 5.92 Å². The molecule has 0 amide bonds. The zero-order valence-electron chi connectivity index (χ0n) is 12.4. The van der Waals surface area contributed by atoms with Crippen LogP contribution in [-0.2, 0) is 0 Å². The monoisotopic (exact) mass is 329 g/mol. The Morgan fingerprint density at radius 3 is 2.39 bits per heavy atom. The van der Waals surface area contributed by atoms with Gasteiger partial charge in [0.15, 0.2) is 5.78 Å². The van der Waals surface area contributed by atoms with E-state index in [2.05, 4.69) is 0 Å². The number of hydrogen-bond acceptors (Lipinski definition) is 3. The van der Waals surface area contributed by atoms with Crippen molar-refractivity contribution in [3.05, 3.63) is 86.9 Å². The number of halogens is 1. The molecule has 5 heteroatoms. The van der Waals surface area contributed by atoms with Crippen LogP contribution in [0.25, 0.3) is 6.08 Å². The largest absolute Gasteiger partial charge is 0.294 e. The van der Waals surface area contributed by atoms with E-state index in [0.717, 1.165) is 5.56 Å². The summed E-state index contributed by atoms with van der Waals surface area (Å²) in [6.45, 7) is -0.275. The maximum Gasteiger partial charge on any atom is 0.210 e. The zero-order valence-corrected chi connectivity index (χ0v) is 13.1. The van der Waals surface area contributed by atoms with Crippen molar-refractivity contribution >= 4 is 23.5 Å². The first kappa shape index (κ1) is 16.9. The molecule has 0 aliphatic carbocycles. The van der Waals surface area contributed by atoms with Crippen molar-refractivity contribution in [3.63, 3.8) is 0 Å². The van der Waals surface area contributed by atoms with Gasteiger partial charge in [0.25, 0.3) is 0 Å². The lowest BCUT2D eigenvalue weighted by molar-refractivity contribution is -0.485. The molecule has 0 bridgehead atoms. The summed E-state index contributed by atoms with van der Waals surface area (Å²) in [5.74, 6) is -0.584. The second kappa shape index (κ2) is 8.25. The second-order valence-electron chi connectivity index (χ2n) is 5.18. The van der Waals surface area contributed by atoms with E-state index in [0.29, 0.717) is 10.6 Å². The number of Topliss-reactive ketones (excluding diaryl/α,β-unsaturated/α-hetero) is 1. The molecule has 0 fully saturated rings. The highest BCUT2D eigenvalue weighted by molar-refractivity contribution is 6.30. The highest BCUT2D eigenvalue weighted by Crippen LogP contribution is 2.16. The predicted molar refractivity (Wildman–Crippen MR) is 91.2 cm³/mol. The van der Waals surface area contributed by atoms with Crippen molar-refractivity contribution in [2.75, 3.05) is 6.54 Å². The average Bonchev–Trinajstić information content (AvgIpc) is 2.53. The summed E-state index contributed by atoms with van der Waals surface area (Å²) in [6, 6.07) is 16.0. The summed E-state index contributed by atoms with van der Waals surface area (Å²) < 4.78 is 0.